The van der Waals surface area contributed by atoms with Crippen LogP contribution >= 0.6 is 23.2 Å². The summed E-state index contributed by atoms with van der Waals surface area (Å²) >= 11 is 12.4. The van der Waals surface area contributed by atoms with Crippen molar-refractivity contribution < 1.29 is 14.3 Å². The maximum atomic E-state index is 15.1. The normalized spacial score (nSPS) is 19.3. The van der Waals surface area contributed by atoms with Crippen LogP contribution in [0.25, 0.3) is 0 Å². The van der Waals surface area contributed by atoms with Gasteiger partial charge in [0.15, 0.2) is 11.6 Å². The van der Waals surface area contributed by atoms with E-state index in [-0.39, 0.29) is 30.6 Å². The van der Waals surface area contributed by atoms with E-state index in [2.05, 4.69) is 15.3 Å². The Hall–Kier alpha value is -2.20. The third-order valence-electron chi connectivity index (χ3n) is 5.31. The molecule has 2 heterocycles. The summed E-state index contributed by atoms with van der Waals surface area (Å²) in [6.07, 6.45) is 1.26. The van der Waals surface area contributed by atoms with E-state index in [9.17, 15) is 9.90 Å². The van der Waals surface area contributed by atoms with E-state index in [1.807, 2.05) is 4.90 Å². The number of hydrogen-bond acceptors (Lipinski definition) is 7. The van der Waals surface area contributed by atoms with E-state index in [1.54, 1.807) is 30.1 Å². The molecule has 0 aliphatic carbocycles. The summed E-state index contributed by atoms with van der Waals surface area (Å²) in [5.41, 5.74) is 5.88. The topological polar surface area (TPSA) is 108 Å². The Morgan fingerprint density at radius 1 is 1.39 bits per heavy atom. The molecule has 1 fully saturated rings. The van der Waals surface area contributed by atoms with E-state index >= 15 is 4.39 Å². The summed E-state index contributed by atoms with van der Waals surface area (Å²) < 4.78 is 15.1. The average molecular weight is 471 g/mol. The number of nitrogens with one attached hydrogen (secondary N) is 1. The van der Waals surface area contributed by atoms with Crippen molar-refractivity contribution in [2.24, 2.45) is 11.7 Å². The van der Waals surface area contributed by atoms with Crippen LogP contribution in [0.2, 0.25) is 10.0 Å². The number of aliphatic hydroxyl groups excluding tert-OH is 1. The number of aliphatic hydroxyl groups is 1. The number of likely N-dealkylation sites (tertiary alicyclic amines) is 1. The third-order valence-corrected chi connectivity index (χ3v) is 6.01. The van der Waals surface area contributed by atoms with Gasteiger partial charge in [-0.3, -0.25) is 9.69 Å². The van der Waals surface area contributed by atoms with Gasteiger partial charge in [-0.15, -0.1) is 0 Å². The molecule has 1 aliphatic rings. The second kappa shape index (κ2) is 10.4. The summed E-state index contributed by atoms with van der Waals surface area (Å²) in [6.45, 7) is 1.68. The van der Waals surface area contributed by atoms with Crippen molar-refractivity contribution in [2.75, 3.05) is 43.4 Å². The zero-order valence-electron chi connectivity index (χ0n) is 17.1. The number of rotatable bonds is 8. The minimum atomic E-state index is -0.657. The highest BCUT2D eigenvalue weighted by Crippen LogP contribution is 2.28. The molecule has 0 bridgehead atoms. The van der Waals surface area contributed by atoms with Crippen molar-refractivity contribution in [3.05, 3.63) is 46.0 Å². The number of aromatic nitrogens is 2. The maximum Gasteiger partial charge on any atom is 0.231 e. The molecule has 11 heteroatoms. The first-order chi connectivity index (χ1) is 14.8. The molecule has 1 amide bonds. The number of β-amino-alcohol motifs (C(OH)–C–C–N with tert-alkyl or cyclic N) is 1. The van der Waals surface area contributed by atoms with Crippen LogP contribution in [-0.4, -0.2) is 65.2 Å². The average Bonchev–Trinajstić information content (AvgIpc) is 2.70. The van der Waals surface area contributed by atoms with Crippen molar-refractivity contribution in [1.29, 1.82) is 0 Å². The number of piperidine rings is 1. The zero-order valence-corrected chi connectivity index (χ0v) is 18.6. The van der Waals surface area contributed by atoms with Crippen molar-refractivity contribution in [2.45, 2.75) is 19.1 Å². The van der Waals surface area contributed by atoms with E-state index in [0.717, 1.165) is 0 Å². The number of hydrogen-bond donors (Lipinski definition) is 3. The molecule has 2 unspecified atom stereocenters. The van der Waals surface area contributed by atoms with E-state index in [0.29, 0.717) is 41.7 Å². The number of anilines is 2. The Balaban J connectivity index is 1.64. The fraction of sp³-hybridized carbons (Fsp3) is 0.450. The van der Waals surface area contributed by atoms with E-state index in [4.69, 9.17) is 28.9 Å². The smallest absolute Gasteiger partial charge is 0.231 e. The van der Waals surface area contributed by atoms with Gasteiger partial charge in [0.05, 0.1) is 12.6 Å². The first kappa shape index (κ1) is 23.5. The van der Waals surface area contributed by atoms with Gasteiger partial charge in [0.25, 0.3) is 0 Å². The Morgan fingerprint density at radius 3 is 2.74 bits per heavy atom. The van der Waals surface area contributed by atoms with Gasteiger partial charge in [-0.25, -0.2) is 9.97 Å². The van der Waals surface area contributed by atoms with E-state index in [1.165, 1.54) is 6.33 Å². The highest BCUT2D eigenvalue weighted by atomic mass is 35.5. The minimum absolute atomic E-state index is 0.0499. The largest absolute Gasteiger partial charge is 0.391 e. The molecule has 1 aromatic heterocycles. The summed E-state index contributed by atoms with van der Waals surface area (Å²) in [7, 11) is 1.69. The van der Waals surface area contributed by atoms with Crippen LogP contribution in [0.4, 0.5) is 16.0 Å². The Morgan fingerprint density at radius 2 is 2.10 bits per heavy atom. The molecule has 31 heavy (non-hydrogen) atoms. The summed E-state index contributed by atoms with van der Waals surface area (Å²) in [5.74, 6) is -0.990. The predicted molar refractivity (Wildman–Crippen MR) is 119 cm³/mol. The van der Waals surface area contributed by atoms with Gasteiger partial charge >= 0.3 is 0 Å². The van der Waals surface area contributed by atoms with Crippen molar-refractivity contribution in [3.63, 3.8) is 0 Å². The second-order valence-electron chi connectivity index (χ2n) is 7.61. The lowest BCUT2D eigenvalue weighted by Gasteiger charge is -2.35. The highest BCUT2D eigenvalue weighted by Gasteiger charge is 2.28. The maximum absolute atomic E-state index is 15.1. The van der Waals surface area contributed by atoms with Gasteiger partial charge in [0.1, 0.15) is 6.33 Å². The Labute approximate surface area is 190 Å². The number of carbonyl (C=O) groups is 1. The summed E-state index contributed by atoms with van der Waals surface area (Å²) in [6, 6.07) is 5.19. The van der Waals surface area contributed by atoms with Crippen LogP contribution in [0, 0.1) is 11.7 Å². The van der Waals surface area contributed by atoms with Crippen LogP contribution in [0.3, 0.4) is 0 Å². The molecular weight excluding hydrogens is 446 g/mol. The monoisotopic (exact) mass is 470 g/mol. The first-order valence-corrected chi connectivity index (χ1v) is 10.6. The highest BCUT2D eigenvalue weighted by molar-refractivity contribution is 6.36. The van der Waals surface area contributed by atoms with Crippen LogP contribution in [0.15, 0.2) is 24.5 Å². The molecule has 4 N–H and O–H groups in total. The number of nitrogens with two attached hydrogens (primary N) is 1. The molecule has 2 atom stereocenters. The molecule has 8 nitrogen and oxygen atoms in total. The molecule has 0 saturated carbocycles. The van der Waals surface area contributed by atoms with E-state index < -0.39 is 17.8 Å². The standard InChI is InChI=1S/C20H25Cl2FN6O2/c1-28(8-13-14(21)3-2-4-15(13)22)20-18(23)19(26-11-27-20)25-7-12-5-6-29(9-16(12)30)10-17(24)31/h2-4,11-12,16,30H,5-10H2,1H3,(H2,24,31)(H,25,26,27). The van der Waals surface area contributed by atoms with Gasteiger partial charge in [-0.1, -0.05) is 29.3 Å². The SMILES string of the molecule is CN(Cc1c(Cl)cccc1Cl)c1ncnc(NCC2CCN(CC(N)=O)CC2O)c1F. The minimum Gasteiger partial charge on any atom is -0.391 e. The van der Waals surface area contributed by atoms with Crippen molar-refractivity contribution in [1.82, 2.24) is 14.9 Å². The van der Waals surface area contributed by atoms with Gasteiger partial charge in [-0.05, 0) is 25.1 Å². The number of halogens is 3. The van der Waals surface area contributed by atoms with Gasteiger partial charge in [-0.2, -0.15) is 4.39 Å². The van der Waals surface area contributed by atoms with Crippen molar-refractivity contribution in [3.8, 4) is 0 Å². The van der Waals surface area contributed by atoms with Gasteiger partial charge in [0.2, 0.25) is 11.7 Å². The molecule has 1 saturated heterocycles. The molecule has 168 valence electrons. The number of carbonyl (C=O) groups excluding carboxylic acids is 1. The number of amides is 1. The Kier molecular flexibility index (Phi) is 7.88. The third kappa shape index (κ3) is 5.94. The molecule has 0 radical (unpaired) electrons. The quantitative estimate of drug-likeness (QED) is 0.542. The number of benzene rings is 1. The van der Waals surface area contributed by atoms with Crippen molar-refractivity contribution >= 4 is 40.7 Å². The van der Waals surface area contributed by atoms with Gasteiger partial charge < -0.3 is 21.1 Å². The summed E-state index contributed by atoms with van der Waals surface area (Å²) in [5, 5.41) is 14.3. The van der Waals surface area contributed by atoms with Crippen LogP contribution in [-0.2, 0) is 11.3 Å². The molecule has 1 aliphatic heterocycles. The lowest BCUT2D eigenvalue weighted by molar-refractivity contribution is -0.120. The predicted octanol–water partition coefficient (Wildman–Crippen LogP) is 2.14. The molecule has 3 rings (SSSR count). The fourth-order valence-corrected chi connectivity index (χ4v) is 4.14. The number of nitrogens with zero attached hydrogens (tertiary/aromatic N) is 4. The zero-order chi connectivity index (χ0) is 22.5. The number of primary amides is 1. The molecule has 2 aromatic rings. The Bertz CT molecular complexity index is 914. The molecule has 1 aromatic carbocycles. The van der Waals surface area contributed by atoms with Gasteiger partial charge in [0, 0.05) is 48.2 Å². The van der Waals surface area contributed by atoms with Crippen LogP contribution in [0.5, 0.6) is 0 Å². The van der Waals surface area contributed by atoms with Crippen LogP contribution < -0.4 is 16.0 Å². The lowest BCUT2D eigenvalue weighted by Crippen LogP contribution is -2.48. The molecular formula is C20H25Cl2FN6O2. The first-order valence-electron chi connectivity index (χ1n) is 9.83. The lowest BCUT2D eigenvalue weighted by atomic mass is 9.94. The molecule has 0 spiro atoms. The second-order valence-corrected chi connectivity index (χ2v) is 8.43. The fourth-order valence-electron chi connectivity index (χ4n) is 3.62. The summed E-state index contributed by atoms with van der Waals surface area (Å²) in [4.78, 5) is 22.5. The van der Waals surface area contributed by atoms with Crippen LogP contribution in [0.1, 0.15) is 12.0 Å².